The van der Waals surface area contributed by atoms with Crippen molar-refractivity contribution in [2.75, 3.05) is 13.2 Å². The highest BCUT2D eigenvalue weighted by Gasteiger charge is 2.92. The number of esters is 8. The summed E-state index contributed by atoms with van der Waals surface area (Å²) in [5.74, 6) is -10.7. The molecule has 4 aliphatic rings. The van der Waals surface area contributed by atoms with Crippen LogP contribution < -0.4 is 0 Å². The van der Waals surface area contributed by atoms with Gasteiger partial charge in [0.25, 0.3) is 0 Å². The van der Waals surface area contributed by atoms with Crippen molar-refractivity contribution >= 4 is 47.8 Å². The molecule has 19 nitrogen and oxygen atoms in total. The average Bonchev–Trinajstić information content (AvgIpc) is 3.41. The summed E-state index contributed by atoms with van der Waals surface area (Å²) >= 11 is 0. The summed E-state index contributed by atoms with van der Waals surface area (Å²) in [6.07, 6.45) is -10.6. The zero-order chi connectivity index (χ0) is 45.5. The van der Waals surface area contributed by atoms with Crippen LogP contribution in [0.4, 0.5) is 0 Å². The lowest BCUT2D eigenvalue weighted by Crippen LogP contribution is -2.89. The number of ether oxygens (including phenoxy) is 9. The summed E-state index contributed by atoms with van der Waals surface area (Å²) in [5.41, 5.74) is -10.1. The largest absolute Gasteiger partial charge is 0.465 e. The van der Waals surface area contributed by atoms with Gasteiger partial charge in [0.2, 0.25) is 0 Å². The second-order valence-corrected chi connectivity index (χ2v) is 16.4. The first kappa shape index (κ1) is 45.6. The molecule has 6 rings (SSSR count). The molecule has 0 amide bonds. The molecular formula is C43H49NO18. The summed E-state index contributed by atoms with van der Waals surface area (Å²) in [6, 6.07) is 10.4. The quantitative estimate of drug-likeness (QED) is 0.295. The molecule has 3 fully saturated rings. The van der Waals surface area contributed by atoms with E-state index in [1.807, 2.05) is 0 Å². The fourth-order valence-electron chi connectivity index (χ4n) is 9.73. The molecule has 2 saturated carbocycles. The van der Waals surface area contributed by atoms with Crippen molar-refractivity contribution in [1.82, 2.24) is 4.98 Å². The van der Waals surface area contributed by atoms with E-state index >= 15 is 0 Å². The molecule has 2 aliphatic heterocycles. The van der Waals surface area contributed by atoms with Gasteiger partial charge in [-0.25, -0.2) is 9.59 Å². The van der Waals surface area contributed by atoms with Crippen LogP contribution in [0.25, 0.3) is 0 Å². The van der Waals surface area contributed by atoms with E-state index in [2.05, 4.69) is 4.98 Å². The van der Waals surface area contributed by atoms with Gasteiger partial charge in [0, 0.05) is 40.8 Å². The van der Waals surface area contributed by atoms with Crippen LogP contribution in [-0.2, 0) is 77.8 Å². The maximum atomic E-state index is 14.4. The van der Waals surface area contributed by atoms with Gasteiger partial charge in [0.05, 0.1) is 28.7 Å². The topological polar surface area (TPSA) is 253 Å². The Balaban J connectivity index is 1.77. The molecule has 1 N–H and O–H groups in total. The third kappa shape index (κ3) is 7.76. The van der Waals surface area contributed by atoms with E-state index in [1.165, 1.54) is 56.4 Å². The fourth-order valence-corrected chi connectivity index (χ4v) is 9.73. The Morgan fingerprint density at radius 3 is 1.97 bits per heavy atom. The van der Waals surface area contributed by atoms with E-state index in [-0.39, 0.29) is 29.7 Å². The predicted octanol–water partition coefficient (Wildman–Crippen LogP) is 2.16. The second-order valence-electron chi connectivity index (χ2n) is 16.4. The Morgan fingerprint density at radius 2 is 1.37 bits per heavy atom. The first-order valence-electron chi connectivity index (χ1n) is 19.9. The number of aromatic nitrogens is 1. The number of aryl methyl sites for hydroxylation is 1. The maximum absolute atomic E-state index is 14.4. The number of rotatable bonds is 8. The SMILES string of the molecule is CC(=O)OC[C@]12[C@H](OC(C)=O)[C@H](OC(C)=O)[C@@H]3[C@@H](OC(C)=O)[C@@]14O[C@@]3(C)COC(=O)c1cccnc1CC[C@H](C)C(=O)O[C@@H]([C@H](OC(=O)c1ccccc1)[C@@H]2OC(C)=O)C4(C)O. The smallest absolute Gasteiger partial charge is 0.340 e. The maximum Gasteiger partial charge on any atom is 0.340 e. The zero-order valence-corrected chi connectivity index (χ0v) is 35.4. The number of nitrogens with zero attached hydrogens (tertiary/aromatic N) is 1. The summed E-state index contributed by atoms with van der Waals surface area (Å²) in [4.78, 5) is 113. The Bertz CT molecular complexity index is 2140. The highest BCUT2D eigenvalue weighted by atomic mass is 16.7. The van der Waals surface area contributed by atoms with E-state index in [4.69, 9.17) is 42.6 Å². The van der Waals surface area contributed by atoms with E-state index in [1.54, 1.807) is 6.07 Å². The molecule has 0 radical (unpaired) electrons. The highest BCUT2D eigenvalue weighted by Crippen LogP contribution is 2.70. The number of hydrogen-bond acceptors (Lipinski definition) is 19. The Labute approximate surface area is 355 Å². The van der Waals surface area contributed by atoms with Crippen molar-refractivity contribution < 1.29 is 86.1 Å². The summed E-state index contributed by atoms with van der Waals surface area (Å²) < 4.78 is 55.3. The van der Waals surface area contributed by atoms with Gasteiger partial charge in [0.15, 0.2) is 30.0 Å². The van der Waals surface area contributed by atoms with Crippen LogP contribution in [0.3, 0.4) is 0 Å². The number of pyridine rings is 1. The molecule has 2 aromatic rings. The molecule has 19 heteroatoms. The lowest BCUT2D eigenvalue weighted by Gasteiger charge is -2.67. The van der Waals surface area contributed by atoms with Crippen molar-refractivity contribution in [2.24, 2.45) is 17.3 Å². The van der Waals surface area contributed by atoms with Gasteiger partial charge in [0.1, 0.15) is 42.0 Å². The van der Waals surface area contributed by atoms with Crippen LogP contribution in [0.2, 0.25) is 0 Å². The van der Waals surface area contributed by atoms with Crippen LogP contribution in [0.1, 0.15) is 88.2 Å². The first-order valence-corrected chi connectivity index (χ1v) is 19.9. The van der Waals surface area contributed by atoms with Gasteiger partial charge < -0.3 is 47.7 Å². The minimum absolute atomic E-state index is 0.0225. The minimum Gasteiger partial charge on any atom is -0.465 e. The van der Waals surface area contributed by atoms with E-state index in [0.717, 1.165) is 41.5 Å². The van der Waals surface area contributed by atoms with Gasteiger partial charge in [-0.3, -0.25) is 33.8 Å². The van der Waals surface area contributed by atoms with Crippen LogP contribution >= 0.6 is 0 Å². The monoisotopic (exact) mass is 867 g/mol. The molecule has 1 unspecified atom stereocenters. The van der Waals surface area contributed by atoms with Gasteiger partial charge >= 0.3 is 47.8 Å². The first-order chi connectivity index (χ1) is 29.1. The highest BCUT2D eigenvalue weighted by molar-refractivity contribution is 5.91. The molecule has 1 aromatic carbocycles. The predicted molar refractivity (Wildman–Crippen MR) is 205 cm³/mol. The fraction of sp³-hybridized carbons (Fsp3) is 0.558. The number of cyclic esters (lactones) is 1. The van der Waals surface area contributed by atoms with Gasteiger partial charge in [-0.2, -0.15) is 0 Å². The van der Waals surface area contributed by atoms with E-state index in [9.17, 15) is 43.5 Å². The second kappa shape index (κ2) is 17.1. The van der Waals surface area contributed by atoms with Crippen LogP contribution in [0.15, 0.2) is 48.7 Å². The summed E-state index contributed by atoms with van der Waals surface area (Å²) in [7, 11) is 0. The lowest BCUT2D eigenvalue weighted by atomic mass is 9.45. The number of hydrogen-bond donors (Lipinski definition) is 1. The normalized spacial score (nSPS) is 35.0. The Morgan fingerprint density at radius 1 is 0.774 bits per heavy atom. The van der Waals surface area contributed by atoms with Crippen LogP contribution in [0, 0.1) is 17.3 Å². The molecule has 1 aromatic heterocycles. The lowest BCUT2D eigenvalue weighted by molar-refractivity contribution is -0.386. The standard InChI is InChI=1S/C43H49NO18/c1-21-16-17-29-28(15-12-18-44-29)39(52)55-19-40(7)30-31(56-23(3)46)35(58-25(5)48)42(20-54-22(2)45)36(59-26(6)49)32(60-38(51)27-13-10-9-11-14-27)34(61-37(21)50)41(8,53)43(42,62-40)33(30)57-24(4)47/h9-15,18,21,30-36,53H,16-17,19-20H2,1-8H3/t21-,30+,31+,32-,33+,34-,35+,36-,40-,41?,42+,43-/m0/s1. The molecule has 1 spiro atoms. The minimum atomic E-state index is -2.86. The summed E-state index contributed by atoms with van der Waals surface area (Å²) in [6.45, 7) is 7.16. The number of benzene rings is 1. The van der Waals surface area contributed by atoms with Crippen LogP contribution in [-0.4, -0.2) is 124 Å². The molecule has 4 bridgehead atoms. The third-order valence-corrected chi connectivity index (χ3v) is 12.1. The Kier molecular flexibility index (Phi) is 12.6. The van der Waals surface area contributed by atoms with Crippen LogP contribution in [0.5, 0.6) is 0 Å². The number of carbonyl (C=O) groups excluding carboxylic acids is 8. The molecule has 334 valence electrons. The van der Waals surface area contributed by atoms with Gasteiger partial charge in [-0.15, -0.1) is 0 Å². The Hall–Kier alpha value is -5.95. The zero-order valence-electron chi connectivity index (χ0n) is 35.4. The van der Waals surface area contributed by atoms with Crippen molar-refractivity contribution in [1.29, 1.82) is 0 Å². The molecule has 12 atom stereocenters. The van der Waals surface area contributed by atoms with Gasteiger partial charge in [-0.05, 0) is 51.0 Å². The number of aliphatic hydroxyl groups is 1. The molecule has 62 heavy (non-hydrogen) atoms. The molecule has 1 saturated heterocycles. The summed E-state index contributed by atoms with van der Waals surface area (Å²) in [5, 5.41) is 13.6. The van der Waals surface area contributed by atoms with Crippen molar-refractivity contribution in [2.45, 2.75) is 122 Å². The third-order valence-electron chi connectivity index (χ3n) is 12.1. The number of fused-ring (bicyclic) bond motifs is 5. The molecule has 2 aliphatic carbocycles. The van der Waals surface area contributed by atoms with Crippen molar-refractivity contribution in [3.63, 3.8) is 0 Å². The molecule has 3 heterocycles. The molecular weight excluding hydrogens is 818 g/mol. The number of carbonyl (C=O) groups is 8. The van der Waals surface area contributed by atoms with Crippen molar-refractivity contribution in [3.8, 4) is 0 Å². The van der Waals surface area contributed by atoms with Crippen molar-refractivity contribution in [3.05, 3.63) is 65.5 Å². The van der Waals surface area contributed by atoms with E-state index < -0.39 is 132 Å². The van der Waals surface area contributed by atoms with E-state index in [0.29, 0.717) is 0 Å². The average molecular weight is 868 g/mol. The van der Waals surface area contributed by atoms with Gasteiger partial charge in [-0.1, -0.05) is 25.1 Å².